The molecule has 2 aromatic rings. The second-order valence-corrected chi connectivity index (χ2v) is 5.72. The summed E-state index contributed by atoms with van der Waals surface area (Å²) in [5.41, 5.74) is 0.825. The van der Waals surface area contributed by atoms with Gasteiger partial charge in [0.1, 0.15) is 16.1 Å². The smallest absolute Gasteiger partial charge is 0.319 e. The first-order valence-electron chi connectivity index (χ1n) is 5.13. The SMILES string of the molecule is CC(C)(Sc1ncnc2ccccc12)C(=O)O. The van der Waals surface area contributed by atoms with Crippen molar-refractivity contribution < 1.29 is 9.90 Å². The molecule has 0 spiro atoms. The minimum absolute atomic E-state index is 0.697. The maximum Gasteiger partial charge on any atom is 0.319 e. The summed E-state index contributed by atoms with van der Waals surface area (Å²) in [5, 5.41) is 10.7. The lowest BCUT2D eigenvalue weighted by molar-refractivity contribution is -0.138. The van der Waals surface area contributed by atoms with Gasteiger partial charge >= 0.3 is 5.97 Å². The highest BCUT2D eigenvalue weighted by atomic mass is 32.2. The third kappa shape index (κ3) is 2.39. The molecule has 1 N–H and O–H groups in total. The van der Waals surface area contributed by atoms with Crippen LogP contribution in [0.5, 0.6) is 0 Å². The molecule has 88 valence electrons. The predicted octanol–water partition coefficient (Wildman–Crippen LogP) is 2.59. The topological polar surface area (TPSA) is 63.1 Å². The Bertz CT molecular complexity index is 564. The van der Waals surface area contributed by atoms with Gasteiger partial charge in [0.05, 0.1) is 5.52 Å². The maximum atomic E-state index is 11.1. The molecule has 0 atom stereocenters. The van der Waals surface area contributed by atoms with Crippen LogP contribution in [0.15, 0.2) is 35.6 Å². The van der Waals surface area contributed by atoms with Crippen LogP contribution in [0.1, 0.15) is 13.8 Å². The molecular weight excluding hydrogens is 236 g/mol. The van der Waals surface area contributed by atoms with Gasteiger partial charge in [0.25, 0.3) is 0 Å². The first kappa shape index (κ1) is 11.9. The zero-order valence-electron chi connectivity index (χ0n) is 9.54. The van der Waals surface area contributed by atoms with Gasteiger partial charge in [-0.05, 0) is 19.9 Å². The molecule has 1 heterocycles. The molecular formula is C12H12N2O2S. The van der Waals surface area contributed by atoms with E-state index in [0.29, 0.717) is 5.03 Å². The third-order valence-electron chi connectivity index (χ3n) is 2.37. The van der Waals surface area contributed by atoms with Crippen molar-refractivity contribution in [3.63, 3.8) is 0 Å². The molecule has 5 heteroatoms. The van der Waals surface area contributed by atoms with Crippen LogP contribution in [0, 0.1) is 0 Å². The third-order valence-corrected chi connectivity index (χ3v) is 3.58. The molecule has 0 aliphatic rings. The van der Waals surface area contributed by atoms with Crippen molar-refractivity contribution >= 4 is 28.6 Å². The van der Waals surface area contributed by atoms with Gasteiger partial charge < -0.3 is 5.11 Å². The Balaban J connectivity index is 2.46. The summed E-state index contributed by atoms with van der Waals surface area (Å²) in [6.45, 7) is 3.33. The van der Waals surface area contributed by atoms with Crippen molar-refractivity contribution in [1.82, 2.24) is 9.97 Å². The van der Waals surface area contributed by atoms with Gasteiger partial charge in [-0.2, -0.15) is 0 Å². The van der Waals surface area contributed by atoms with Crippen LogP contribution in [0.2, 0.25) is 0 Å². The Hall–Kier alpha value is -1.62. The second kappa shape index (κ2) is 4.33. The Labute approximate surface area is 103 Å². The molecule has 0 unspecified atom stereocenters. The van der Waals surface area contributed by atoms with E-state index < -0.39 is 10.7 Å². The molecule has 0 aliphatic carbocycles. The van der Waals surface area contributed by atoms with Crippen LogP contribution in [-0.2, 0) is 4.79 Å². The van der Waals surface area contributed by atoms with E-state index in [2.05, 4.69) is 9.97 Å². The van der Waals surface area contributed by atoms with E-state index in [9.17, 15) is 4.79 Å². The number of rotatable bonds is 3. The van der Waals surface area contributed by atoms with Gasteiger partial charge in [0, 0.05) is 5.39 Å². The van der Waals surface area contributed by atoms with E-state index in [1.54, 1.807) is 13.8 Å². The number of aromatic nitrogens is 2. The lowest BCUT2D eigenvalue weighted by atomic mass is 10.2. The summed E-state index contributed by atoms with van der Waals surface area (Å²) in [6.07, 6.45) is 1.46. The second-order valence-electron chi connectivity index (χ2n) is 4.11. The van der Waals surface area contributed by atoms with Gasteiger partial charge in [-0.15, -0.1) is 0 Å². The van der Waals surface area contributed by atoms with Crippen molar-refractivity contribution in [2.45, 2.75) is 23.6 Å². The van der Waals surface area contributed by atoms with Gasteiger partial charge in [-0.25, -0.2) is 9.97 Å². The molecule has 2 rings (SSSR count). The van der Waals surface area contributed by atoms with E-state index in [4.69, 9.17) is 5.11 Å². The van der Waals surface area contributed by atoms with Crippen molar-refractivity contribution in [2.75, 3.05) is 0 Å². The first-order valence-corrected chi connectivity index (χ1v) is 5.94. The fraction of sp³-hybridized carbons (Fsp3) is 0.250. The summed E-state index contributed by atoms with van der Waals surface area (Å²) >= 11 is 1.23. The lowest BCUT2D eigenvalue weighted by Crippen LogP contribution is -2.27. The first-order chi connectivity index (χ1) is 8.00. The molecule has 0 radical (unpaired) electrons. The number of carbonyl (C=O) groups is 1. The molecule has 0 amide bonds. The molecule has 1 aromatic heterocycles. The van der Waals surface area contributed by atoms with Gasteiger partial charge in [-0.1, -0.05) is 30.0 Å². The fourth-order valence-corrected chi connectivity index (χ4v) is 2.30. The number of benzene rings is 1. The Morgan fingerprint density at radius 3 is 2.71 bits per heavy atom. The summed E-state index contributed by atoms with van der Waals surface area (Å²) in [7, 11) is 0. The molecule has 0 bridgehead atoms. The minimum Gasteiger partial charge on any atom is -0.480 e. The molecule has 0 fully saturated rings. The number of aliphatic carboxylic acids is 1. The summed E-state index contributed by atoms with van der Waals surface area (Å²) < 4.78 is -0.906. The largest absolute Gasteiger partial charge is 0.480 e. The van der Waals surface area contributed by atoms with Crippen LogP contribution in [0.4, 0.5) is 0 Å². The summed E-state index contributed by atoms with van der Waals surface area (Å²) in [6, 6.07) is 7.57. The van der Waals surface area contributed by atoms with Gasteiger partial charge in [0.2, 0.25) is 0 Å². The van der Waals surface area contributed by atoms with Crippen molar-refractivity contribution in [2.24, 2.45) is 0 Å². The Kier molecular flexibility index (Phi) is 3.02. The van der Waals surface area contributed by atoms with Crippen LogP contribution >= 0.6 is 11.8 Å². The number of para-hydroxylation sites is 1. The fourth-order valence-electron chi connectivity index (χ4n) is 1.35. The average Bonchev–Trinajstić information content (AvgIpc) is 2.29. The number of hydrogen-bond donors (Lipinski definition) is 1. The molecule has 1 aromatic carbocycles. The number of fused-ring (bicyclic) bond motifs is 1. The monoisotopic (exact) mass is 248 g/mol. The van der Waals surface area contributed by atoms with E-state index >= 15 is 0 Å². The van der Waals surface area contributed by atoms with Gasteiger partial charge in [-0.3, -0.25) is 4.79 Å². The van der Waals surface area contributed by atoms with Gasteiger partial charge in [0.15, 0.2) is 0 Å². The van der Waals surface area contributed by atoms with Crippen molar-refractivity contribution in [1.29, 1.82) is 0 Å². The van der Waals surface area contributed by atoms with Crippen LogP contribution in [-0.4, -0.2) is 25.8 Å². The van der Waals surface area contributed by atoms with Crippen LogP contribution in [0.3, 0.4) is 0 Å². The minimum atomic E-state index is -0.906. The highest BCUT2D eigenvalue weighted by Gasteiger charge is 2.29. The summed E-state index contributed by atoms with van der Waals surface area (Å²) in [4.78, 5) is 19.4. The molecule has 4 nitrogen and oxygen atoms in total. The average molecular weight is 248 g/mol. The zero-order valence-corrected chi connectivity index (χ0v) is 10.4. The number of hydrogen-bond acceptors (Lipinski definition) is 4. The number of carboxylic acid groups (broad SMARTS) is 1. The van der Waals surface area contributed by atoms with E-state index in [-0.39, 0.29) is 0 Å². The normalized spacial score (nSPS) is 11.6. The Morgan fingerprint density at radius 1 is 1.29 bits per heavy atom. The Morgan fingerprint density at radius 2 is 2.00 bits per heavy atom. The lowest BCUT2D eigenvalue weighted by Gasteiger charge is -2.18. The predicted molar refractivity (Wildman–Crippen MR) is 67.1 cm³/mol. The van der Waals surface area contributed by atoms with Crippen molar-refractivity contribution in [3.8, 4) is 0 Å². The molecule has 0 aliphatic heterocycles. The highest BCUT2D eigenvalue weighted by molar-refractivity contribution is 8.01. The summed E-state index contributed by atoms with van der Waals surface area (Å²) in [5.74, 6) is -0.856. The number of nitrogens with zero attached hydrogens (tertiary/aromatic N) is 2. The van der Waals surface area contributed by atoms with Crippen LogP contribution in [0.25, 0.3) is 10.9 Å². The maximum absolute atomic E-state index is 11.1. The number of carboxylic acids is 1. The molecule has 0 saturated carbocycles. The van der Waals surface area contributed by atoms with E-state index in [1.807, 2.05) is 24.3 Å². The quantitative estimate of drug-likeness (QED) is 0.668. The standard InChI is InChI=1S/C12H12N2O2S/c1-12(2,11(15)16)17-10-8-5-3-4-6-9(8)13-7-14-10/h3-7H,1-2H3,(H,15,16). The zero-order chi connectivity index (χ0) is 12.5. The van der Waals surface area contributed by atoms with E-state index in [1.165, 1.54) is 18.1 Å². The van der Waals surface area contributed by atoms with Crippen molar-refractivity contribution in [3.05, 3.63) is 30.6 Å². The van der Waals surface area contributed by atoms with Crippen LogP contribution < -0.4 is 0 Å². The molecule has 17 heavy (non-hydrogen) atoms. The number of thioether (sulfide) groups is 1. The molecule has 0 saturated heterocycles. The highest BCUT2D eigenvalue weighted by Crippen LogP contribution is 2.34. The van der Waals surface area contributed by atoms with E-state index in [0.717, 1.165) is 10.9 Å².